The molecule has 0 saturated heterocycles. The molecular weight excluding hydrogens is 294 g/mol. The first-order valence-electron chi connectivity index (χ1n) is 4.73. The lowest BCUT2D eigenvalue weighted by atomic mass is 10.1. The lowest BCUT2D eigenvalue weighted by molar-refractivity contribution is -0.228. The molecule has 1 aromatic rings. The fourth-order valence-electron chi connectivity index (χ4n) is 1.27. The van der Waals surface area contributed by atoms with Crippen molar-refractivity contribution >= 4 is 29.3 Å². The van der Waals surface area contributed by atoms with Crippen molar-refractivity contribution in [3.63, 3.8) is 0 Å². The number of benzene rings is 1. The summed E-state index contributed by atoms with van der Waals surface area (Å²) in [7, 11) is 0. The largest absolute Gasteiger partial charge is 0.489 e. The second-order valence-electron chi connectivity index (χ2n) is 3.40. The van der Waals surface area contributed by atoms with Crippen LogP contribution < -0.4 is 0 Å². The molecule has 1 N–H and O–H groups in total. The van der Waals surface area contributed by atoms with Gasteiger partial charge >= 0.3 is 12.4 Å². The van der Waals surface area contributed by atoms with Crippen LogP contribution in [0.15, 0.2) is 18.2 Å². The van der Waals surface area contributed by atoms with Gasteiger partial charge in [-0.2, -0.15) is 0 Å². The Morgan fingerprint density at radius 2 is 1.89 bits per heavy atom. The highest BCUT2D eigenvalue weighted by atomic mass is 35.5. The molecule has 0 fully saturated rings. The number of rotatable bonds is 3. The molecule has 1 rings (SSSR count). The van der Waals surface area contributed by atoms with E-state index in [2.05, 4.69) is 0 Å². The van der Waals surface area contributed by atoms with E-state index in [1.807, 2.05) is 0 Å². The van der Waals surface area contributed by atoms with Gasteiger partial charge in [0.25, 0.3) is 0 Å². The van der Waals surface area contributed by atoms with Crippen LogP contribution in [0, 0.1) is 0 Å². The average molecular weight is 302 g/mol. The summed E-state index contributed by atoms with van der Waals surface area (Å²) < 4.78 is 36.9. The third kappa shape index (κ3) is 3.96. The number of halogens is 5. The number of carbonyl (C=O) groups is 1. The Bertz CT molecular complexity index is 451. The van der Waals surface area contributed by atoms with E-state index in [9.17, 15) is 18.0 Å². The fraction of sp³-hybridized carbons (Fsp3) is 0.300. The molecule has 0 aromatic heterocycles. The average Bonchev–Trinajstić information content (AvgIpc) is 2.21. The maximum Gasteiger partial charge on any atom is 0.489 e. The number of hydrogen-bond donors (Lipinski definition) is 1. The van der Waals surface area contributed by atoms with E-state index in [-0.39, 0.29) is 16.5 Å². The van der Waals surface area contributed by atoms with Crippen LogP contribution in [0.2, 0.25) is 10.0 Å². The Kier molecular flexibility index (Phi) is 4.70. The summed E-state index contributed by atoms with van der Waals surface area (Å²) in [4.78, 5) is 9.86. The van der Waals surface area contributed by atoms with Crippen LogP contribution in [0.4, 0.5) is 18.0 Å². The van der Waals surface area contributed by atoms with Crippen molar-refractivity contribution in [3.05, 3.63) is 33.8 Å². The van der Waals surface area contributed by atoms with E-state index in [0.29, 0.717) is 5.56 Å². The maximum atomic E-state index is 12.3. The number of amides is 1. The van der Waals surface area contributed by atoms with Crippen LogP contribution in [0.5, 0.6) is 0 Å². The predicted molar refractivity (Wildman–Crippen MR) is 61.0 cm³/mol. The van der Waals surface area contributed by atoms with Crippen LogP contribution in [-0.4, -0.2) is 28.9 Å². The Labute approximate surface area is 111 Å². The van der Waals surface area contributed by atoms with E-state index in [1.54, 1.807) is 0 Å². The molecule has 0 atom stereocenters. The number of alkyl halides is 3. The Hall–Kier alpha value is -1.14. The molecule has 18 heavy (non-hydrogen) atoms. The molecule has 0 bridgehead atoms. The first-order valence-corrected chi connectivity index (χ1v) is 5.48. The zero-order valence-electron chi connectivity index (χ0n) is 8.84. The van der Waals surface area contributed by atoms with Crippen LogP contribution >= 0.6 is 23.2 Å². The van der Waals surface area contributed by atoms with Crippen molar-refractivity contribution in [2.45, 2.75) is 12.7 Å². The summed E-state index contributed by atoms with van der Waals surface area (Å²) in [5.74, 6) is 0. The second kappa shape index (κ2) is 5.67. The van der Waals surface area contributed by atoms with Gasteiger partial charge in [0.05, 0.1) is 10.0 Å². The minimum Gasteiger partial charge on any atom is -0.465 e. The molecule has 0 spiro atoms. The normalized spacial score (nSPS) is 11.4. The molecule has 0 aliphatic heterocycles. The molecule has 1 amide bonds. The lowest BCUT2D eigenvalue weighted by Gasteiger charge is -2.21. The molecule has 0 aliphatic rings. The number of carboxylic acid groups (broad SMARTS) is 1. The van der Waals surface area contributed by atoms with Crippen LogP contribution in [0.25, 0.3) is 0 Å². The zero-order valence-corrected chi connectivity index (χ0v) is 10.4. The topological polar surface area (TPSA) is 40.5 Å². The van der Waals surface area contributed by atoms with Crippen molar-refractivity contribution in [2.75, 3.05) is 6.54 Å². The molecule has 3 nitrogen and oxygen atoms in total. The molecule has 0 radical (unpaired) electrons. The molecular formula is C10H8Cl2F3NO2. The van der Waals surface area contributed by atoms with E-state index in [1.165, 1.54) is 18.2 Å². The standard InChI is InChI=1S/C10H8Cl2F3NO2/c11-7-2-1-6(5-8(7)12)3-4-16(9(17)18)10(13,14)15/h1-2,5H,3-4H2,(H,17,18). The summed E-state index contributed by atoms with van der Waals surface area (Å²) in [6, 6.07) is 4.34. The monoisotopic (exact) mass is 301 g/mol. The Balaban J connectivity index is 2.73. The smallest absolute Gasteiger partial charge is 0.465 e. The summed E-state index contributed by atoms with van der Waals surface area (Å²) in [5.41, 5.74) is 0.472. The highest BCUT2D eigenvalue weighted by molar-refractivity contribution is 6.42. The van der Waals surface area contributed by atoms with E-state index >= 15 is 0 Å². The summed E-state index contributed by atoms with van der Waals surface area (Å²) in [6.45, 7) is -0.698. The minimum absolute atomic E-state index is 0.108. The number of hydrogen-bond acceptors (Lipinski definition) is 1. The second-order valence-corrected chi connectivity index (χ2v) is 4.21. The van der Waals surface area contributed by atoms with Gasteiger partial charge in [0.15, 0.2) is 0 Å². The van der Waals surface area contributed by atoms with Crippen molar-refractivity contribution < 1.29 is 23.1 Å². The van der Waals surface area contributed by atoms with Gasteiger partial charge in [0, 0.05) is 6.54 Å². The Morgan fingerprint density at radius 3 is 2.33 bits per heavy atom. The van der Waals surface area contributed by atoms with Gasteiger partial charge in [-0.25, -0.2) is 9.69 Å². The van der Waals surface area contributed by atoms with E-state index < -0.39 is 23.8 Å². The lowest BCUT2D eigenvalue weighted by Crippen LogP contribution is -2.43. The van der Waals surface area contributed by atoms with Gasteiger partial charge < -0.3 is 5.11 Å². The zero-order chi connectivity index (χ0) is 13.9. The van der Waals surface area contributed by atoms with Crippen LogP contribution in [-0.2, 0) is 6.42 Å². The highest BCUT2D eigenvalue weighted by Crippen LogP contribution is 2.24. The van der Waals surface area contributed by atoms with Gasteiger partial charge in [-0.05, 0) is 24.1 Å². The van der Waals surface area contributed by atoms with Gasteiger partial charge in [0.2, 0.25) is 0 Å². The van der Waals surface area contributed by atoms with Crippen LogP contribution in [0.3, 0.4) is 0 Å². The van der Waals surface area contributed by atoms with Gasteiger partial charge in [0.1, 0.15) is 0 Å². The molecule has 0 heterocycles. The van der Waals surface area contributed by atoms with Gasteiger partial charge in [-0.15, -0.1) is 13.2 Å². The van der Waals surface area contributed by atoms with Crippen molar-refractivity contribution in [3.8, 4) is 0 Å². The molecule has 100 valence electrons. The SMILES string of the molecule is O=C(O)N(CCc1ccc(Cl)c(Cl)c1)C(F)(F)F. The summed E-state index contributed by atoms with van der Waals surface area (Å²) in [5, 5.41) is 8.94. The highest BCUT2D eigenvalue weighted by Gasteiger charge is 2.40. The molecule has 0 saturated carbocycles. The van der Waals surface area contributed by atoms with E-state index in [4.69, 9.17) is 28.3 Å². The summed E-state index contributed by atoms with van der Waals surface area (Å²) >= 11 is 11.3. The third-order valence-electron chi connectivity index (χ3n) is 2.15. The van der Waals surface area contributed by atoms with Crippen LogP contribution in [0.1, 0.15) is 5.56 Å². The molecule has 0 unspecified atom stereocenters. The first-order chi connectivity index (χ1) is 8.21. The van der Waals surface area contributed by atoms with Gasteiger partial charge in [-0.1, -0.05) is 29.3 Å². The summed E-state index contributed by atoms with van der Waals surface area (Å²) in [6.07, 6.45) is -7.06. The van der Waals surface area contributed by atoms with Crippen molar-refractivity contribution in [2.24, 2.45) is 0 Å². The van der Waals surface area contributed by atoms with Crippen molar-refractivity contribution in [1.82, 2.24) is 4.90 Å². The van der Waals surface area contributed by atoms with Gasteiger partial charge in [-0.3, -0.25) is 0 Å². The molecule has 0 aliphatic carbocycles. The maximum absolute atomic E-state index is 12.3. The third-order valence-corrected chi connectivity index (χ3v) is 2.88. The minimum atomic E-state index is -4.91. The number of nitrogens with zero attached hydrogens (tertiary/aromatic N) is 1. The molecule has 8 heteroatoms. The fourth-order valence-corrected chi connectivity index (χ4v) is 1.59. The molecule has 1 aromatic carbocycles. The van der Waals surface area contributed by atoms with Crippen molar-refractivity contribution in [1.29, 1.82) is 0 Å². The van der Waals surface area contributed by atoms with E-state index in [0.717, 1.165) is 0 Å². The quantitative estimate of drug-likeness (QED) is 0.856. The first kappa shape index (κ1) is 14.9. The Morgan fingerprint density at radius 1 is 1.28 bits per heavy atom. The predicted octanol–water partition coefficient (Wildman–Crippen LogP) is 4.04.